The summed E-state index contributed by atoms with van der Waals surface area (Å²) in [6.45, 7) is 9.09. The van der Waals surface area contributed by atoms with Gasteiger partial charge in [0.2, 0.25) is 0 Å². The van der Waals surface area contributed by atoms with Gasteiger partial charge < -0.3 is 9.47 Å². The smallest absolute Gasteiger partial charge is 0.412 e. The molecule has 2 rings (SSSR count). The van der Waals surface area contributed by atoms with Crippen LogP contribution in [0, 0.1) is 16.7 Å². The van der Waals surface area contributed by atoms with Crippen molar-refractivity contribution >= 4 is 12.1 Å². The summed E-state index contributed by atoms with van der Waals surface area (Å²) in [5.74, 6) is -0.523. The van der Waals surface area contributed by atoms with Gasteiger partial charge in [0.1, 0.15) is 24.3 Å². The Labute approximate surface area is 154 Å². The highest BCUT2D eigenvalue weighted by molar-refractivity contribution is 5.83. The lowest BCUT2D eigenvalue weighted by molar-refractivity contribution is -0.150. The number of likely N-dealkylation sites (tertiary alicyclic amines) is 1. The highest BCUT2D eigenvalue weighted by Crippen LogP contribution is 2.41. The molecule has 0 saturated carbocycles. The lowest BCUT2D eigenvalue weighted by Crippen LogP contribution is -2.48. The number of rotatable bonds is 3. The molecule has 1 saturated heterocycles. The van der Waals surface area contributed by atoms with Crippen molar-refractivity contribution in [3.05, 3.63) is 35.9 Å². The van der Waals surface area contributed by atoms with E-state index in [1.165, 1.54) is 4.90 Å². The van der Waals surface area contributed by atoms with Gasteiger partial charge in [-0.2, -0.15) is 5.26 Å². The topological polar surface area (TPSA) is 79.6 Å². The van der Waals surface area contributed by atoms with Crippen molar-refractivity contribution in [2.24, 2.45) is 5.41 Å². The first-order valence-electron chi connectivity index (χ1n) is 8.66. The van der Waals surface area contributed by atoms with E-state index in [1.807, 2.05) is 44.2 Å². The van der Waals surface area contributed by atoms with Crippen LogP contribution in [0.2, 0.25) is 0 Å². The fraction of sp³-hybridized carbons (Fsp3) is 0.550. The minimum atomic E-state index is -0.840. The molecule has 0 radical (unpaired) electrons. The first kappa shape index (κ1) is 19.8. The van der Waals surface area contributed by atoms with E-state index in [9.17, 15) is 14.9 Å². The van der Waals surface area contributed by atoms with Crippen molar-refractivity contribution in [2.75, 3.05) is 0 Å². The molecular weight excluding hydrogens is 332 g/mol. The van der Waals surface area contributed by atoms with E-state index >= 15 is 0 Å². The third-order valence-electron chi connectivity index (χ3n) is 4.30. The number of hydrogen-bond donors (Lipinski definition) is 0. The van der Waals surface area contributed by atoms with Crippen LogP contribution in [0.5, 0.6) is 0 Å². The Morgan fingerprint density at radius 3 is 2.42 bits per heavy atom. The lowest BCUT2D eigenvalue weighted by Gasteiger charge is -2.31. The van der Waals surface area contributed by atoms with Crippen LogP contribution in [0.3, 0.4) is 0 Å². The van der Waals surface area contributed by atoms with Crippen molar-refractivity contribution < 1.29 is 19.1 Å². The fourth-order valence-corrected chi connectivity index (χ4v) is 3.07. The van der Waals surface area contributed by atoms with Gasteiger partial charge in [0.25, 0.3) is 0 Å². The summed E-state index contributed by atoms with van der Waals surface area (Å²) < 4.78 is 10.8. The Morgan fingerprint density at radius 2 is 1.88 bits per heavy atom. The number of nitrogens with zero attached hydrogens (tertiary/aromatic N) is 2. The second-order valence-corrected chi connectivity index (χ2v) is 8.22. The summed E-state index contributed by atoms with van der Waals surface area (Å²) in [6, 6.07) is 9.87. The molecule has 26 heavy (non-hydrogen) atoms. The molecule has 1 aliphatic heterocycles. The maximum Gasteiger partial charge on any atom is 0.412 e. The van der Waals surface area contributed by atoms with Gasteiger partial charge in [0, 0.05) is 5.41 Å². The molecule has 2 atom stereocenters. The van der Waals surface area contributed by atoms with Crippen LogP contribution in [0.1, 0.15) is 46.6 Å². The third kappa shape index (κ3) is 4.54. The monoisotopic (exact) mass is 358 g/mol. The molecule has 0 N–H and O–H groups in total. The molecule has 140 valence electrons. The minimum absolute atomic E-state index is 0.121. The van der Waals surface area contributed by atoms with E-state index in [-0.39, 0.29) is 6.61 Å². The van der Waals surface area contributed by atoms with Crippen molar-refractivity contribution in [1.82, 2.24) is 4.90 Å². The highest BCUT2D eigenvalue weighted by atomic mass is 16.6. The number of ether oxygens (including phenoxy) is 2. The summed E-state index contributed by atoms with van der Waals surface area (Å²) in [6.07, 6.45) is -0.325. The van der Waals surface area contributed by atoms with Gasteiger partial charge in [-0.05, 0) is 32.8 Å². The predicted octanol–water partition coefficient (Wildman–Crippen LogP) is 3.66. The Bertz CT molecular complexity index is 701. The van der Waals surface area contributed by atoms with Gasteiger partial charge in [-0.15, -0.1) is 0 Å². The molecule has 1 aliphatic rings. The van der Waals surface area contributed by atoms with Crippen LogP contribution in [0.4, 0.5) is 4.79 Å². The quantitative estimate of drug-likeness (QED) is 0.771. The number of amides is 1. The average molecular weight is 358 g/mol. The van der Waals surface area contributed by atoms with E-state index in [4.69, 9.17) is 9.47 Å². The third-order valence-corrected chi connectivity index (χ3v) is 4.30. The summed E-state index contributed by atoms with van der Waals surface area (Å²) in [4.78, 5) is 26.6. The normalized spacial score (nSPS) is 21.8. The Kier molecular flexibility index (Phi) is 5.60. The summed E-state index contributed by atoms with van der Waals surface area (Å²) >= 11 is 0. The highest BCUT2D eigenvalue weighted by Gasteiger charge is 2.53. The van der Waals surface area contributed by atoms with E-state index in [1.54, 1.807) is 20.8 Å². The molecule has 1 amide bonds. The maximum atomic E-state index is 12.7. The molecule has 0 aliphatic carbocycles. The van der Waals surface area contributed by atoms with E-state index in [2.05, 4.69) is 6.07 Å². The molecule has 0 bridgehead atoms. The number of nitriles is 1. The average Bonchev–Trinajstić information content (AvgIpc) is 2.82. The number of esters is 1. The van der Waals surface area contributed by atoms with Crippen LogP contribution in [0.25, 0.3) is 0 Å². The zero-order chi connectivity index (χ0) is 19.5. The molecule has 0 aromatic heterocycles. The number of benzene rings is 1. The minimum Gasteiger partial charge on any atom is -0.459 e. The Balaban J connectivity index is 2.19. The van der Waals surface area contributed by atoms with Crippen LogP contribution >= 0.6 is 0 Å². The standard InChI is InChI=1S/C20H26N2O4/c1-19(2,3)26-18(24)22-15(11-20(4,5)16(22)12-21)17(23)25-13-14-9-7-6-8-10-14/h6-10,15-16H,11,13H2,1-5H3/t15-,16?/m0/s1. The number of carbonyl (C=O) groups excluding carboxylic acids is 2. The van der Waals surface area contributed by atoms with Gasteiger partial charge in [-0.25, -0.2) is 9.59 Å². The second-order valence-electron chi connectivity index (χ2n) is 8.22. The molecule has 1 aromatic rings. The molecule has 1 unspecified atom stereocenters. The molecule has 0 spiro atoms. The molecule has 1 heterocycles. The van der Waals surface area contributed by atoms with E-state index in [0.717, 1.165) is 5.56 Å². The first-order valence-corrected chi connectivity index (χ1v) is 8.66. The summed E-state index contributed by atoms with van der Waals surface area (Å²) in [5, 5.41) is 9.58. The van der Waals surface area contributed by atoms with Crippen molar-refractivity contribution in [3.8, 4) is 6.07 Å². The largest absolute Gasteiger partial charge is 0.459 e. The van der Waals surface area contributed by atoms with Crippen LogP contribution < -0.4 is 0 Å². The molecule has 1 fully saturated rings. The number of hydrogen-bond acceptors (Lipinski definition) is 5. The second kappa shape index (κ2) is 7.36. The lowest BCUT2D eigenvalue weighted by atomic mass is 9.84. The van der Waals surface area contributed by atoms with Gasteiger partial charge in [0.15, 0.2) is 0 Å². The Hall–Kier alpha value is -2.55. The summed E-state index contributed by atoms with van der Waals surface area (Å²) in [5.41, 5.74) is -0.400. The zero-order valence-electron chi connectivity index (χ0n) is 16.0. The van der Waals surface area contributed by atoms with E-state index in [0.29, 0.717) is 6.42 Å². The first-order chi connectivity index (χ1) is 12.0. The van der Waals surface area contributed by atoms with Crippen LogP contribution in [-0.4, -0.2) is 34.6 Å². The number of carbonyl (C=O) groups is 2. The molecular formula is C20H26N2O4. The van der Waals surface area contributed by atoms with Gasteiger partial charge in [0.05, 0.1) is 6.07 Å². The fourth-order valence-electron chi connectivity index (χ4n) is 3.07. The van der Waals surface area contributed by atoms with E-state index < -0.39 is 35.2 Å². The van der Waals surface area contributed by atoms with Crippen molar-refractivity contribution in [2.45, 2.75) is 65.3 Å². The predicted molar refractivity (Wildman–Crippen MR) is 95.9 cm³/mol. The van der Waals surface area contributed by atoms with Gasteiger partial charge >= 0.3 is 12.1 Å². The van der Waals surface area contributed by atoms with Crippen molar-refractivity contribution in [1.29, 1.82) is 5.26 Å². The van der Waals surface area contributed by atoms with Crippen molar-refractivity contribution in [3.63, 3.8) is 0 Å². The zero-order valence-corrected chi connectivity index (χ0v) is 16.0. The van der Waals surface area contributed by atoms with Crippen LogP contribution in [0.15, 0.2) is 30.3 Å². The van der Waals surface area contributed by atoms with Crippen LogP contribution in [-0.2, 0) is 20.9 Å². The SMILES string of the molecule is CC(C)(C)OC(=O)N1C(C#N)C(C)(C)C[C@H]1C(=O)OCc1ccccc1. The Morgan fingerprint density at radius 1 is 1.27 bits per heavy atom. The maximum absolute atomic E-state index is 12.7. The van der Waals surface area contributed by atoms with Gasteiger partial charge in [-0.3, -0.25) is 4.90 Å². The van der Waals surface area contributed by atoms with Gasteiger partial charge in [-0.1, -0.05) is 44.2 Å². The molecule has 6 heteroatoms. The summed E-state index contributed by atoms with van der Waals surface area (Å²) in [7, 11) is 0. The molecule has 1 aromatic carbocycles. The molecule has 6 nitrogen and oxygen atoms in total.